The molecule has 0 spiro atoms. The highest BCUT2D eigenvalue weighted by atomic mass is 32.1. The highest BCUT2D eigenvalue weighted by Gasteiger charge is 2.16. The summed E-state index contributed by atoms with van der Waals surface area (Å²) < 4.78 is 10.8. The Morgan fingerprint density at radius 1 is 1.50 bits per heavy atom. The van der Waals surface area contributed by atoms with Gasteiger partial charge in [-0.2, -0.15) is 0 Å². The van der Waals surface area contributed by atoms with Gasteiger partial charge in [-0.05, 0) is 18.2 Å². The van der Waals surface area contributed by atoms with Crippen LogP contribution < -0.4 is 10.1 Å². The number of amides is 1. The molecular formula is C15H11N3O5S. The first-order valence-electron chi connectivity index (χ1n) is 6.72. The molecule has 24 heavy (non-hydrogen) atoms. The highest BCUT2D eigenvalue weighted by molar-refractivity contribution is 7.22. The lowest BCUT2D eigenvalue weighted by Crippen LogP contribution is -2.07. The zero-order valence-corrected chi connectivity index (χ0v) is 13.2. The van der Waals surface area contributed by atoms with E-state index < -0.39 is 4.92 Å². The van der Waals surface area contributed by atoms with Crippen LogP contribution in [0.4, 0.5) is 10.8 Å². The number of methoxy groups -OCH3 is 1. The van der Waals surface area contributed by atoms with Gasteiger partial charge in [-0.25, -0.2) is 4.98 Å². The van der Waals surface area contributed by atoms with E-state index in [-0.39, 0.29) is 17.3 Å². The van der Waals surface area contributed by atoms with Crippen molar-refractivity contribution >= 4 is 44.4 Å². The van der Waals surface area contributed by atoms with E-state index in [1.807, 2.05) is 0 Å². The van der Waals surface area contributed by atoms with Gasteiger partial charge in [0.2, 0.25) is 5.91 Å². The molecule has 1 amide bonds. The Bertz CT molecular complexity index is 930. The standard InChI is InChI=1S/C15H11N3O5S/c1-22-11-7-9(18(20)21)8-12-14(11)17-15(24-12)16-13(19)5-4-10-3-2-6-23-10/h2-8H,1H3,(H,16,17,19)/b5-4+. The van der Waals surface area contributed by atoms with Crippen molar-refractivity contribution in [3.63, 3.8) is 0 Å². The fraction of sp³-hybridized carbons (Fsp3) is 0.0667. The van der Waals surface area contributed by atoms with Crippen molar-refractivity contribution in [2.75, 3.05) is 12.4 Å². The number of nitro groups is 1. The number of aromatic nitrogens is 1. The Hall–Kier alpha value is -3.20. The SMILES string of the molecule is COc1cc([N+](=O)[O-])cc2sc(NC(=O)/C=C/c3ccco3)nc12. The molecule has 0 saturated heterocycles. The maximum Gasteiger partial charge on any atom is 0.274 e. The molecule has 0 aliphatic heterocycles. The highest BCUT2D eigenvalue weighted by Crippen LogP contribution is 2.36. The maximum atomic E-state index is 11.9. The molecule has 0 radical (unpaired) electrons. The molecule has 1 aromatic carbocycles. The molecule has 1 N–H and O–H groups in total. The molecule has 0 aliphatic carbocycles. The number of nitrogens with zero attached hydrogens (tertiary/aromatic N) is 2. The number of ether oxygens (including phenoxy) is 1. The van der Waals surface area contributed by atoms with Crippen LogP contribution in [0.25, 0.3) is 16.3 Å². The number of carbonyl (C=O) groups is 1. The molecule has 0 atom stereocenters. The van der Waals surface area contributed by atoms with Crippen LogP contribution in [0.15, 0.2) is 41.0 Å². The fourth-order valence-electron chi connectivity index (χ4n) is 1.99. The Morgan fingerprint density at radius 2 is 2.33 bits per heavy atom. The van der Waals surface area contributed by atoms with Crippen LogP contribution in [0.5, 0.6) is 5.75 Å². The number of hydrogen-bond acceptors (Lipinski definition) is 7. The van der Waals surface area contributed by atoms with E-state index in [4.69, 9.17) is 9.15 Å². The number of fused-ring (bicyclic) bond motifs is 1. The van der Waals surface area contributed by atoms with E-state index in [9.17, 15) is 14.9 Å². The Balaban J connectivity index is 1.85. The lowest BCUT2D eigenvalue weighted by Gasteiger charge is -1.99. The molecule has 3 aromatic rings. The van der Waals surface area contributed by atoms with Gasteiger partial charge in [0.05, 0.1) is 29.1 Å². The number of non-ortho nitro benzene ring substituents is 1. The summed E-state index contributed by atoms with van der Waals surface area (Å²) >= 11 is 1.13. The Kier molecular flexibility index (Phi) is 4.25. The van der Waals surface area contributed by atoms with Crippen molar-refractivity contribution in [3.8, 4) is 5.75 Å². The van der Waals surface area contributed by atoms with E-state index in [1.54, 1.807) is 12.1 Å². The van der Waals surface area contributed by atoms with Crippen molar-refractivity contribution in [2.45, 2.75) is 0 Å². The second-order valence-corrected chi connectivity index (χ2v) is 5.64. The average molecular weight is 345 g/mol. The summed E-state index contributed by atoms with van der Waals surface area (Å²) in [6.07, 6.45) is 4.34. The van der Waals surface area contributed by atoms with Gasteiger partial charge >= 0.3 is 0 Å². The summed E-state index contributed by atoms with van der Waals surface area (Å²) in [5.74, 6) is 0.438. The largest absolute Gasteiger partial charge is 0.494 e. The first kappa shape index (κ1) is 15.7. The van der Waals surface area contributed by atoms with Crippen molar-refractivity contribution in [2.24, 2.45) is 0 Å². The van der Waals surface area contributed by atoms with Crippen molar-refractivity contribution in [3.05, 3.63) is 52.5 Å². The molecular weight excluding hydrogens is 334 g/mol. The Morgan fingerprint density at radius 3 is 3.00 bits per heavy atom. The molecule has 0 aliphatic rings. The zero-order chi connectivity index (χ0) is 17.1. The molecule has 0 saturated carbocycles. The van der Waals surface area contributed by atoms with Gasteiger partial charge in [0.25, 0.3) is 5.69 Å². The van der Waals surface area contributed by atoms with E-state index in [2.05, 4.69) is 10.3 Å². The third-order valence-electron chi connectivity index (χ3n) is 3.05. The van der Waals surface area contributed by atoms with Crippen LogP contribution in [0.1, 0.15) is 5.76 Å². The molecule has 2 heterocycles. The average Bonchev–Trinajstić information content (AvgIpc) is 3.20. The van der Waals surface area contributed by atoms with Gasteiger partial charge in [0.1, 0.15) is 11.3 Å². The van der Waals surface area contributed by atoms with Crippen LogP contribution in [0, 0.1) is 10.1 Å². The molecule has 8 nitrogen and oxygen atoms in total. The molecule has 9 heteroatoms. The zero-order valence-electron chi connectivity index (χ0n) is 12.4. The summed E-state index contributed by atoms with van der Waals surface area (Å²) in [4.78, 5) is 26.6. The first-order valence-corrected chi connectivity index (χ1v) is 7.54. The van der Waals surface area contributed by atoms with Gasteiger partial charge in [0.15, 0.2) is 10.9 Å². The molecule has 0 fully saturated rings. The summed E-state index contributed by atoms with van der Waals surface area (Å²) in [5, 5.41) is 13.9. The van der Waals surface area contributed by atoms with E-state index in [0.717, 1.165) is 11.3 Å². The summed E-state index contributed by atoms with van der Waals surface area (Å²) in [6, 6.07) is 6.12. The minimum Gasteiger partial charge on any atom is -0.494 e. The monoisotopic (exact) mass is 345 g/mol. The van der Waals surface area contributed by atoms with E-state index in [0.29, 0.717) is 21.1 Å². The van der Waals surface area contributed by atoms with Crippen LogP contribution in [0.3, 0.4) is 0 Å². The molecule has 0 bridgehead atoms. The van der Waals surface area contributed by atoms with Crippen LogP contribution in [-0.4, -0.2) is 22.9 Å². The molecule has 0 unspecified atom stereocenters. The van der Waals surface area contributed by atoms with Crippen molar-refractivity contribution < 1.29 is 18.9 Å². The molecule has 3 rings (SSSR count). The maximum absolute atomic E-state index is 11.9. The fourth-order valence-corrected chi connectivity index (χ4v) is 2.91. The van der Waals surface area contributed by atoms with Crippen LogP contribution in [-0.2, 0) is 4.79 Å². The minimum absolute atomic E-state index is 0.0985. The molecule has 2 aromatic heterocycles. The third kappa shape index (κ3) is 3.25. The second-order valence-electron chi connectivity index (χ2n) is 4.61. The number of furan rings is 1. The summed E-state index contributed by atoms with van der Waals surface area (Å²) in [6.45, 7) is 0. The normalized spacial score (nSPS) is 11.0. The summed E-state index contributed by atoms with van der Waals surface area (Å²) in [7, 11) is 1.40. The predicted molar refractivity (Wildman–Crippen MR) is 89.2 cm³/mol. The van der Waals surface area contributed by atoms with Gasteiger partial charge in [-0.1, -0.05) is 11.3 Å². The van der Waals surface area contributed by atoms with Gasteiger partial charge in [-0.15, -0.1) is 0 Å². The summed E-state index contributed by atoms with van der Waals surface area (Å²) in [5.41, 5.74) is 0.358. The van der Waals surface area contributed by atoms with E-state index in [1.165, 1.54) is 37.7 Å². The quantitative estimate of drug-likeness (QED) is 0.431. The van der Waals surface area contributed by atoms with Crippen LogP contribution in [0.2, 0.25) is 0 Å². The van der Waals surface area contributed by atoms with Gasteiger partial charge in [-0.3, -0.25) is 20.2 Å². The molecule has 122 valence electrons. The number of anilines is 1. The number of nitro benzene ring substituents is 1. The van der Waals surface area contributed by atoms with E-state index >= 15 is 0 Å². The number of hydrogen-bond donors (Lipinski definition) is 1. The minimum atomic E-state index is -0.508. The van der Waals surface area contributed by atoms with Gasteiger partial charge in [0, 0.05) is 12.1 Å². The topological polar surface area (TPSA) is 108 Å². The number of carbonyl (C=O) groups excluding carboxylic acids is 1. The smallest absolute Gasteiger partial charge is 0.274 e. The van der Waals surface area contributed by atoms with Crippen LogP contribution >= 0.6 is 11.3 Å². The van der Waals surface area contributed by atoms with Gasteiger partial charge < -0.3 is 9.15 Å². The van der Waals surface area contributed by atoms with Crippen molar-refractivity contribution in [1.29, 1.82) is 0 Å². The number of nitrogens with one attached hydrogen (secondary N) is 1. The number of rotatable bonds is 5. The Labute approximate surface area is 139 Å². The van der Waals surface area contributed by atoms with Crippen molar-refractivity contribution in [1.82, 2.24) is 4.98 Å². The number of benzene rings is 1. The second kappa shape index (κ2) is 6.50. The number of thiazole rings is 1. The lowest BCUT2D eigenvalue weighted by atomic mass is 10.3. The predicted octanol–water partition coefficient (Wildman–Crippen LogP) is 3.46. The third-order valence-corrected chi connectivity index (χ3v) is 3.97. The lowest BCUT2D eigenvalue weighted by molar-refractivity contribution is -0.384. The first-order chi connectivity index (χ1) is 11.6.